The van der Waals surface area contributed by atoms with Crippen LogP contribution in [0, 0.1) is 0 Å². The Balaban J connectivity index is 1.25. The van der Waals surface area contributed by atoms with E-state index in [0.717, 1.165) is 11.1 Å². The van der Waals surface area contributed by atoms with Crippen LogP contribution in [0.2, 0.25) is 0 Å². The Morgan fingerprint density at radius 1 is 0.786 bits per heavy atom. The number of nitrogens with zero attached hydrogens (tertiary/aromatic N) is 4. The number of fused-ring (bicyclic) bond motifs is 1. The van der Waals surface area contributed by atoms with Crippen LogP contribution in [0.5, 0.6) is 0 Å². The Labute approximate surface area is 240 Å². The smallest absolute Gasteiger partial charge is 0.429 e. The van der Waals surface area contributed by atoms with E-state index in [1.165, 1.54) is 12.7 Å². The summed E-state index contributed by atoms with van der Waals surface area (Å²) < 4.78 is 50.4. The highest BCUT2D eigenvalue weighted by atomic mass is 31.2. The first-order valence-corrected chi connectivity index (χ1v) is 14.2. The van der Waals surface area contributed by atoms with Gasteiger partial charge in [-0.2, -0.15) is 0 Å². The zero-order valence-corrected chi connectivity index (χ0v) is 23.2. The molecule has 0 fully saturated rings. The molecule has 0 unspecified atom stereocenters. The lowest BCUT2D eigenvalue weighted by atomic mass is 10.2. The normalized spacial score (nSPS) is 11.2. The van der Waals surface area contributed by atoms with Crippen LogP contribution < -0.4 is 5.73 Å². The van der Waals surface area contributed by atoms with Crippen LogP contribution >= 0.6 is 7.60 Å². The van der Waals surface area contributed by atoms with Gasteiger partial charge in [0, 0.05) is 6.54 Å². The molecule has 0 saturated heterocycles. The van der Waals surface area contributed by atoms with Gasteiger partial charge in [-0.05, 0) is 11.1 Å². The molecule has 42 heavy (non-hydrogen) atoms. The molecule has 2 aromatic carbocycles. The molecular formula is C26H28N5O10P. The van der Waals surface area contributed by atoms with Crippen LogP contribution in [0.25, 0.3) is 11.2 Å². The topological polar surface area (TPSA) is 185 Å². The number of ether oxygens (including phenoxy) is 5. The van der Waals surface area contributed by atoms with Crippen LogP contribution in [-0.2, 0) is 57.1 Å². The number of hydrogen-bond acceptors (Lipinski definition) is 14. The van der Waals surface area contributed by atoms with Crippen molar-refractivity contribution in [3.8, 4) is 0 Å². The van der Waals surface area contributed by atoms with E-state index in [0.29, 0.717) is 11.2 Å². The van der Waals surface area contributed by atoms with E-state index in [-0.39, 0.29) is 32.2 Å². The molecule has 0 spiro atoms. The molecule has 0 atom stereocenters. The van der Waals surface area contributed by atoms with Crippen molar-refractivity contribution in [1.82, 2.24) is 19.5 Å². The molecule has 15 nitrogen and oxygen atoms in total. The van der Waals surface area contributed by atoms with Crippen LogP contribution in [-0.4, -0.2) is 58.4 Å². The maximum Gasteiger partial charge on any atom is 0.510 e. The fraction of sp³-hybridized carbons (Fsp3) is 0.269. The fourth-order valence-electron chi connectivity index (χ4n) is 3.34. The van der Waals surface area contributed by atoms with E-state index in [1.807, 2.05) is 12.1 Å². The Morgan fingerprint density at radius 3 is 1.93 bits per heavy atom. The Kier molecular flexibility index (Phi) is 11.2. The van der Waals surface area contributed by atoms with E-state index < -0.39 is 39.8 Å². The molecule has 4 aromatic rings. The first kappa shape index (κ1) is 30.4. The number of nitrogens with two attached hydrogens (primary N) is 1. The molecule has 0 aliphatic rings. The largest absolute Gasteiger partial charge is 0.510 e. The van der Waals surface area contributed by atoms with Gasteiger partial charge < -0.3 is 34.0 Å². The molecule has 0 bridgehead atoms. The second-order valence-corrected chi connectivity index (χ2v) is 10.3. The van der Waals surface area contributed by atoms with Crippen molar-refractivity contribution in [3.63, 3.8) is 0 Å². The van der Waals surface area contributed by atoms with Crippen molar-refractivity contribution in [3.05, 3.63) is 84.4 Å². The number of hydrogen-bond donors (Lipinski definition) is 1. The summed E-state index contributed by atoms with van der Waals surface area (Å²) in [4.78, 5) is 36.0. The van der Waals surface area contributed by atoms with Gasteiger partial charge in [-0.25, -0.2) is 24.5 Å². The average Bonchev–Trinajstić information content (AvgIpc) is 3.42. The minimum Gasteiger partial charge on any atom is -0.429 e. The van der Waals surface area contributed by atoms with Crippen LogP contribution in [0.1, 0.15) is 11.1 Å². The summed E-state index contributed by atoms with van der Waals surface area (Å²) in [6.07, 6.45) is 0.139. The summed E-state index contributed by atoms with van der Waals surface area (Å²) in [6, 6.07) is 17.9. The highest BCUT2D eigenvalue weighted by Gasteiger charge is 2.27. The molecule has 4 rings (SSSR count). The first-order valence-electron chi connectivity index (χ1n) is 12.5. The maximum atomic E-state index is 13.3. The highest BCUT2D eigenvalue weighted by Crippen LogP contribution is 2.48. The standard InChI is InChI=1S/C26H28N5O10P/c27-23-22-24(29-15-28-23)31(16-30-22)11-12-35-19-42(34,40-17-38-25(32)36-13-20-7-3-1-4-8-20)41-18-39-26(33)37-14-21-9-5-2-6-10-21/h1-10,15-16H,11-14,17-19H2,(H2,27,28,29). The number of anilines is 1. The molecular weight excluding hydrogens is 573 g/mol. The van der Waals surface area contributed by atoms with Gasteiger partial charge in [0.1, 0.15) is 31.4 Å². The molecule has 0 saturated carbocycles. The number of imidazole rings is 1. The summed E-state index contributed by atoms with van der Waals surface area (Å²) in [5, 5.41) is 0. The zero-order chi connectivity index (χ0) is 29.6. The van der Waals surface area contributed by atoms with Crippen molar-refractivity contribution >= 4 is 36.9 Å². The molecule has 2 aromatic heterocycles. The molecule has 2 heterocycles. The van der Waals surface area contributed by atoms with Gasteiger partial charge in [-0.3, -0.25) is 13.6 Å². The van der Waals surface area contributed by atoms with Crippen molar-refractivity contribution < 1.29 is 46.9 Å². The lowest BCUT2D eigenvalue weighted by molar-refractivity contribution is -0.0285. The summed E-state index contributed by atoms with van der Waals surface area (Å²) >= 11 is 0. The highest BCUT2D eigenvalue weighted by molar-refractivity contribution is 7.53. The zero-order valence-electron chi connectivity index (χ0n) is 22.3. The van der Waals surface area contributed by atoms with Gasteiger partial charge in [0.2, 0.25) is 13.6 Å². The number of carbonyl (C=O) groups excluding carboxylic acids is 2. The summed E-state index contributed by atoms with van der Waals surface area (Å²) in [5.41, 5.74) is 8.21. The molecule has 0 aliphatic carbocycles. The number of aromatic nitrogens is 4. The predicted octanol–water partition coefficient (Wildman–Crippen LogP) is 4.23. The third-order valence-corrected chi connectivity index (χ3v) is 6.90. The minimum absolute atomic E-state index is 0.0324. The first-order chi connectivity index (χ1) is 20.4. The molecule has 2 N–H and O–H groups in total. The predicted molar refractivity (Wildman–Crippen MR) is 145 cm³/mol. The number of rotatable bonds is 15. The van der Waals surface area contributed by atoms with E-state index >= 15 is 0 Å². The van der Waals surface area contributed by atoms with Gasteiger partial charge >= 0.3 is 19.9 Å². The van der Waals surface area contributed by atoms with Gasteiger partial charge in [0.25, 0.3) is 0 Å². The van der Waals surface area contributed by atoms with Crippen molar-refractivity contribution in [2.24, 2.45) is 0 Å². The van der Waals surface area contributed by atoms with Crippen molar-refractivity contribution in [2.75, 3.05) is 32.3 Å². The second kappa shape index (κ2) is 15.4. The fourth-order valence-corrected chi connectivity index (χ4v) is 4.34. The molecule has 0 radical (unpaired) electrons. The molecule has 222 valence electrons. The van der Waals surface area contributed by atoms with E-state index in [9.17, 15) is 14.2 Å². The number of benzene rings is 2. The van der Waals surface area contributed by atoms with Crippen LogP contribution in [0.3, 0.4) is 0 Å². The minimum atomic E-state index is -4.11. The molecule has 0 amide bonds. The van der Waals surface area contributed by atoms with Gasteiger partial charge in [-0.1, -0.05) is 60.7 Å². The van der Waals surface area contributed by atoms with Gasteiger partial charge in [0.05, 0.1) is 12.9 Å². The monoisotopic (exact) mass is 601 g/mol. The SMILES string of the molecule is Nc1ncnc2c1ncn2CCOCP(=O)(OCOC(=O)OCc1ccccc1)OCOC(=O)OCc1ccccc1. The van der Waals surface area contributed by atoms with Crippen molar-refractivity contribution in [2.45, 2.75) is 19.8 Å². The Bertz CT molecular complexity index is 1420. The lowest BCUT2D eigenvalue weighted by Crippen LogP contribution is -2.15. The third-order valence-electron chi connectivity index (χ3n) is 5.41. The summed E-state index contributed by atoms with van der Waals surface area (Å²) in [5.74, 6) is 0.232. The van der Waals surface area contributed by atoms with Gasteiger partial charge in [-0.15, -0.1) is 0 Å². The molecule has 0 aliphatic heterocycles. The maximum absolute atomic E-state index is 13.3. The van der Waals surface area contributed by atoms with E-state index in [2.05, 4.69) is 15.0 Å². The second-order valence-electron chi connectivity index (χ2n) is 8.35. The number of carbonyl (C=O) groups is 2. The Hall–Kier alpha value is -4.56. The quantitative estimate of drug-likeness (QED) is 0.0883. The average molecular weight is 602 g/mol. The lowest BCUT2D eigenvalue weighted by Gasteiger charge is -2.18. The third kappa shape index (κ3) is 9.52. The van der Waals surface area contributed by atoms with E-state index in [1.54, 1.807) is 53.1 Å². The number of nitrogen functional groups attached to an aromatic ring is 1. The van der Waals surface area contributed by atoms with Crippen LogP contribution in [0.4, 0.5) is 15.4 Å². The van der Waals surface area contributed by atoms with Crippen molar-refractivity contribution in [1.29, 1.82) is 0 Å². The molecule has 16 heteroatoms. The summed E-state index contributed by atoms with van der Waals surface area (Å²) in [6.45, 7) is -1.33. The van der Waals surface area contributed by atoms with Gasteiger partial charge in [0.15, 0.2) is 11.5 Å². The van der Waals surface area contributed by atoms with E-state index in [4.69, 9.17) is 38.5 Å². The van der Waals surface area contributed by atoms with Crippen LogP contribution in [0.15, 0.2) is 73.3 Å². The Morgan fingerprint density at radius 2 is 1.36 bits per heavy atom. The summed E-state index contributed by atoms with van der Waals surface area (Å²) in [7, 11) is -4.11.